The monoisotopic (exact) mass is 532 g/mol. The van der Waals surface area contributed by atoms with Crippen LogP contribution in [0.5, 0.6) is 5.75 Å². The number of halogens is 1. The van der Waals surface area contributed by atoms with E-state index < -0.39 is 0 Å². The Kier molecular flexibility index (Phi) is 8.19. The number of benzene rings is 2. The van der Waals surface area contributed by atoms with Crippen LogP contribution in [0.25, 0.3) is 0 Å². The van der Waals surface area contributed by atoms with E-state index in [1.54, 1.807) is 18.2 Å². The van der Waals surface area contributed by atoms with Gasteiger partial charge >= 0.3 is 0 Å². The molecule has 1 amide bonds. The second-order valence-corrected chi connectivity index (χ2v) is 9.66. The molecule has 3 aromatic rings. The molecule has 0 aliphatic carbocycles. The van der Waals surface area contributed by atoms with Crippen molar-refractivity contribution in [3.05, 3.63) is 64.8 Å². The van der Waals surface area contributed by atoms with Crippen molar-refractivity contribution < 1.29 is 9.53 Å². The SMILES string of the molecule is N#Cc1cnc2nc1Nc1cc(Cl)ccc1OCCNC(=O)CCN1CCN(CC1)Cc1cccc(c1)N2. The number of hydrogen-bond acceptors (Lipinski definition) is 9. The predicted octanol–water partition coefficient (Wildman–Crippen LogP) is 3.51. The number of carbonyl (C=O) groups excluding carboxylic acids is 1. The Morgan fingerprint density at radius 3 is 2.71 bits per heavy atom. The summed E-state index contributed by atoms with van der Waals surface area (Å²) in [6.07, 6.45) is 1.93. The number of ether oxygens (including phenoxy) is 1. The first-order valence-corrected chi connectivity index (χ1v) is 13.0. The highest BCUT2D eigenvalue weighted by atomic mass is 35.5. The van der Waals surface area contributed by atoms with Gasteiger partial charge < -0.3 is 25.6 Å². The zero-order valence-corrected chi connectivity index (χ0v) is 21.7. The van der Waals surface area contributed by atoms with Gasteiger partial charge in [-0.2, -0.15) is 10.2 Å². The molecular weight excluding hydrogens is 504 g/mol. The number of amides is 1. The van der Waals surface area contributed by atoms with E-state index in [0.29, 0.717) is 41.2 Å². The third kappa shape index (κ3) is 6.69. The summed E-state index contributed by atoms with van der Waals surface area (Å²) in [5.74, 6) is 1.20. The lowest BCUT2D eigenvalue weighted by Gasteiger charge is -2.34. The molecule has 3 aliphatic heterocycles. The fourth-order valence-corrected chi connectivity index (χ4v) is 4.65. The minimum atomic E-state index is 0.00381. The third-order valence-electron chi connectivity index (χ3n) is 6.49. The third-order valence-corrected chi connectivity index (χ3v) is 6.73. The topological polar surface area (TPSA) is 118 Å². The van der Waals surface area contributed by atoms with Crippen molar-refractivity contribution in [2.75, 3.05) is 56.5 Å². The summed E-state index contributed by atoms with van der Waals surface area (Å²) >= 11 is 6.25. The molecule has 1 fully saturated rings. The molecule has 38 heavy (non-hydrogen) atoms. The van der Waals surface area contributed by atoms with Crippen LogP contribution in [0.15, 0.2) is 48.7 Å². The van der Waals surface area contributed by atoms with E-state index in [9.17, 15) is 10.1 Å². The summed E-state index contributed by atoms with van der Waals surface area (Å²) < 4.78 is 5.93. The molecule has 3 aliphatic rings. The van der Waals surface area contributed by atoms with Gasteiger partial charge in [-0.05, 0) is 35.9 Å². The first-order chi connectivity index (χ1) is 18.6. The van der Waals surface area contributed by atoms with Gasteiger partial charge in [-0.25, -0.2) is 4.98 Å². The molecule has 4 heterocycles. The summed E-state index contributed by atoms with van der Waals surface area (Å²) in [7, 11) is 0. The standard InChI is InChI=1S/C27H29ClN8O2/c28-21-4-5-24-23(15-21)33-26-20(16-29)17-31-27(34-26)32-22-3-1-2-19(14-22)18-36-11-9-35(10-12-36)8-6-25(37)30-7-13-38-24/h1-5,14-15,17H,6-13,18H2,(H,30,37)(H2,31,32,33,34). The highest BCUT2D eigenvalue weighted by Crippen LogP contribution is 2.31. The second-order valence-electron chi connectivity index (χ2n) is 9.22. The van der Waals surface area contributed by atoms with Gasteiger partial charge in [0.15, 0.2) is 5.82 Å². The number of carbonyl (C=O) groups is 1. The van der Waals surface area contributed by atoms with Crippen LogP contribution in [0.3, 0.4) is 0 Å². The first-order valence-electron chi connectivity index (χ1n) is 12.6. The zero-order chi connectivity index (χ0) is 26.3. The van der Waals surface area contributed by atoms with Crippen molar-refractivity contribution >= 4 is 40.6 Å². The zero-order valence-electron chi connectivity index (χ0n) is 20.9. The van der Waals surface area contributed by atoms with Gasteiger partial charge in [-0.1, -0.05) is 23.7 Å². The van der Waals surface area contributed by atoms with Gasteiger partial charge in [0.1, 0.15) is 24.0 Å². The molecule has 0 unspecified atom stereocenters. The summed E-state index contributed by atoms with van der Waals surface area (Å²) in [6, 6.07) is 15.4. The molecule has 0 saturated carbocycles. The molecule has 6 rings (SSSR count). The average molecular weight is 533 g/mol. The summed E-state index contributed by atoms with van der Waals surface area (Å²) in [5.41, 5.74) is 2.86. The highest BCUT2D eigenvalue weighted by Gasteiger charge is 2.18. The van der Waals surface area contributed by atoms with Crippen molar-refractivity contribution in [2.24, 2.45) is 0 Å². The number of hydrogen-bond donors (Lipinski definition) is 3. The lowest BCUT2D eigenvalue weighted by Crippen LogP contribution is -2.46. The normalized spacial score (nSPS) is 20.2. The number of anilines is 4. The average Bonchev–Trinajstić information content (AvgIpc) is 2.92. The van der Waals surface area contributed by atoms with Gasteiger partial charge in [0.05, 0.1) is 18.4 Å². The van der Waals surface area contributed by atoms with E-state index in [-0.39, 0.29) is 18.1 Å². The molecule has 0 radical (unpaired) electrons. The summed E-state index contributed by atoms with van der Waals surface area (Å²) in [6.45, 7) is 5.99. The van der Waals surface area contributed by atoms with Crippen molar-refractivity contribution in [3.8, 4) is 11.8 Å². The quantitative estimate of drug-likeness (QED) is 0.399. The van der Waals surface area contributed by atoms with E-state index >= 15 is 0 Å². The van der Waals surface area contributed by atoms with Gasteiger partial charge in [-0.3, -0.25) is 9.69 Å². The minimum Gasteiger partial charge on any atom is -0.490 e. The molecule has 0 spiro atoms. The second kappa shape index (κ2) is 12.1. The van der Waals surface area contributed by atoms with E-state index in [4.69, 9.17) is 16.3 Å². The smallest absolute Gasteiger partial charge is 0.229 e. The molecule has 3 N–H and O–H groups in total. The maximum absolute atomic E-state index is 12.4. The molecular formula is C27H29ClN8O2. The number of rotatable bonds is 0. The minimum absolute atomic E-state index is 0.00381. The molecule has 1 aromatic heterocycles. The van der Waals surface area contributed by atoms with Crippen LogP contribution >= 0.6 is 11.6 Å². The highest BCUT2D eigenvalue weighted by molar-refractivity contribution is 6.31. The van der Waals surface area contributed by atoms with E-state index in [2.05, 4.69) is 53.9 Å². The van der Waals surface area contributed by atoms with Crippen LogP contribution in [0.2, 0.25) is 5.02 Å². The van der Waals surface area contributed by atoms with Crippen molar-refractivity contribution in [1.82, 2.24) is 25.1 Å². The Balaban J connectivity index is 1.43. The van der Waals surface area contributed by atoms with E-state index in [1.165, 1.54) is 11.8 Å². The lowest BCUT2D eigenvalue weighted by molar-refractivity contribution is -0.121. The Morgan fingerprint density at radius 2 is 1.87 bits per heavy atom. The number of nitrogens with zero attached hydrogens (tertiary/aromatic N) is 5. The van der Waals surface area contributed by atoms with Crippen LogP contribution < -0.4 is 20.7 Å². The lowest BCUT2D eigenvalue weighted by atomic mass is 10.1. The molecule has 10 nitrogen and oxygen atoms in total. The molecule has 2 aromatic carbocycles. The van der Waals surface area contributed by atoms with Gasteiger partial charge in [-0.15, -0.1) is 0 Å². The van der Waals surface area contributed by atoms with Crippen LogP contribution in [0.1, 0.15) is 17.5 Å². The number of aromatic nitrogens is 2. The Labute approximate surface area is 226 Å². The maximum atomic E-state index is 12.4. The summed E-state index contributed by atoms with van der Waals surface area (Å²) in [4.78, 5) is 26.0. The van der Waals surface area contributed by atoms with Crippen molar-refractivity contribution in [3.63, 3.8) is 0 Å². The molecule has 11 heteroatoms. The number of nitriles is 1. The molecule has 6 bridgehead atoms. The predicted molar refractivity (Wildman–Crippen MR) is 146 cm³/mol. The number of piperazine rings is 1. The molecule has 0 atom stereocenters. The molecule has 1 saturated heterocycles. The van der Waals surface area contributed by atoms with Crippen molar-refractivity contribution in [1.29, 1.82) is 5.26 Å². The summed E-state index contributed by atoms with van der Waals surface area (Å²) in [5, 5.41) is 19.5. The Morgan fingerprint density at radius 1 is 1.03 bits per heavy atom. The van der Waals surface area contributed by atoms with E-state index in [1.807, 2.05) is 12.1 Å². The maximum Gasteiger partial charge on any atom is 0.229 e. The fourth-order valence-electron chi connectivity index (χ4n) is 4.48. The van der Waals surface area contributed by atoms with Crippen molar-refractivity contribution in [2.45, 2.75) is 13.0 Å². The van der Waals surface area contributed by atoms with Crippen LogP contribution in [0, 0.1) is 11.3 Å². The number of fused-ring (bicyclic) bond motifs is 8. The van der Waals surface area contributed by atoms with Crippen LogP contribution in [-0.4, -0.2) is 71.6 Å². The fraction of sp³-hybridized carbons (Fsp3) is 0.333. The number of nitrogens with one attached hydrogen (secondary N) is 3. The molecule has 196 valence electrons. The van der Waals surface area contributed by atoms with Crippen LogP contribution in [0.4, 0.5) is 23.1 Å². The largest absolute Gasteiger partial charge is 0.490 e. The van der Waals surface area contributed by atoms with Crippen LogP contribution in [-0.2, 0) is 11.3 Å². The van der Waals surface area contributed by atoms with Gasteiger partial charge in [0.2, 0.25) is 11.9 Å². The Hall–Kier alpha value is -3.91. The van der Waals surface area contributed by atoms with Gasteiger partial charge in [0, 0.05) is 56.4 Å². The Bertz CT molecular complexity index is 1340. The first kappa shape index (κ1) is 25.7. The van der Waals surface area contributed by atoms with E-state index in [0.717, 1.165) is 45.0 Å². The van der Waals surface area contributed by atoms with Gasteiger partial charge in [0.25, 0.3) is 0 Å².